The molecular weight excluding hydrogens is 212 g/mol. The number of hydrogen-bond acceptors (Lipinski definition) is 3. The van der Waals surface area contributed by atoms with Crippen molar-refractivity contribution >= 4 is 0 Å². The van der Waals surface area contributed by atoms with Gasteiger partial charge in [0.2, 0.25) is 0 Å². The number of aryl methyl sites for hydroxylation is 1. The standard InChI is InChI=1S/C13H26N4/c1-4-17(5-2)12-6-9-14-10-7-13-8-11-15-16(13)3/h8,11,14H,4-7,9-10,12H2,1-3H3. The Morgan fingerprint density at radius 3 is 2.65 bits per heavy atom. The van der Waals surface area contributed by atoms with Crippen LogP contribution in [0.2, 0.25) is 0 Å². The van der Waals surface area contributed by atoms with Crippen LogP contribution in [0.3, 0.4) is 0 Å². The maximum Gasteiger partial charge on any atom is 0.0492 e. The number of rotatable bonds is 9. The van der Waals surface area contributed by atoms with Crippen molar-refractivity contribution in [3.63, 3.8) is 0 Å². The van der Waals surface area contributed by atoms with Crippen molar-refractivity contribution in [2.75, 3.05) is 32.7 Å². The molecule has 0 bridgehead atoms. The van der Waals surface area contributed by atoms with Gasteiger partial charge in [-0.1, -0.05) is 13.8 Å². The summed E-state index contributed by atoms with van der Waals surface area (Å²) in [7, 11) is 2.00. The minimum atomic E-state index is 1.04. The van der Waals surface area contributed by atoms with Gasteiger partial charge in [0.25, 0.3) is 0 Å². The van der Waals surface area contributed by atoms with E-state index >= 15 is 0 Å². The molecule has 98 valence electrons. The summed E-state index contributed by atoms with van der Waals surface area (Å²) in [6.07, 6.45) is 4.14. The van der Waals surface area contributed by atoms with E-state index in [1.54, 1.807) is 0 Å². The summed E-state index contributed by atoms with van der Waals surface area (Å²) in [5, 5.41) is 7.65. The Hall–Kier alpha value is -0.870. The zero-order valence-corrected chi connectivity index (χ0v) is 11.4. The van der Waals surface area contributed by atoms with Gasteiger partial charge in [0.1, 0.15) is 0 Å². The van der Waals surface area contributed by atoms with Crippen LogP contribution in [0, 0.1) is 0 Å². The summed E-state index contributed by atoms with van der Waals surface area (Å²) in [5.74, 6) is 0. The van der Waals surface area contributed by atoms with Gasteiger partial charge < -0.3 is 10.2 Å². The smallest absolute Gasteiger partial charge is 0.0492 e. The molecule has 4 nitrogen and oxygen atoms in total. The van der Waals surface area contributed by atoms with Gasteiger partial charge in [0.05, 0.1) is 0 Å². The van der Waals surface area contributed by atoms with E-state index in [1.165, 1.54) is 18.7 Å². The largest absolute Gasteiger partial charge is 0.316 e. The Kier molecular flexibility index (Phi) is 6.89. The van der Waals surface area contributed by atoms with Crippen LogP contribution >= 0.6 is 0 Å². The molecule has 1 N–H and O–H groups in total. The maximum absolute atomic E-state index is 4.16. The van der Waals surface area contributed by atoms with E-state index in [9.17, 15) is 0 Å². The van der Waals surface area contributed by atoms with Gasteiger partial charge in [-0.3, -0.25) is 4.68 Å². The lowest BCUT2D eigenvalue weighted by molar-refractivity contribution is 0.298. The van der Waals surface area contributed by atoms with Crippen LogP contribution in [0.25, 0.3) is 0 Å². The third-order valence-corrected chi connectivity index (χ3v) is 3.20. The molecule has 0 aliphatic heterocycles. The molecule has 0 saturated heterocycles. The highest BCUT2D eigenvalue weighted by Crippen LogP contribution is 1.96. The fourth-order valence-electron chi connectivity index (χ4n) is 1.96. The molecular formula is C13H26N4. The van der Waals surface area contributed by atoms with E-state index in [0.29, 0.717) is 0 Å². The molecule has 0 atom stereocenters. The molecule has 17 heavy (non-hydrogen) atoms. The molecule has 0 aliphatic carbocycles. The van der Waals surface area contributed by atoms with Crippen LogP contribution in [0.1, 0.15) is 26.0 Å². The average Bonchev–Trinajstić information content (AvgIpc) is 2.74. The van der Waals surface area contributed by atoms with E-state index in [0.717, 1.165) is 32.6 Å². The fraction of sp³-hybridized carbons (Fsp3) is 0.769. The molecule has 0 amide bonds. The molecule has 1 aromatic heterocycles. The van der Waals surface area contributed by atoms with Gasteiger partial charge in [-0.25, -0.2) is 0 Å². The first-order valence-electron chi connectivity index (χ1n) is 6.67. The van der Waals surface area contributed by atoms with Gasteiger partial charge in [-0.2, -0.15) is 5.10 Å². The van der Waals surface area contributed by atoms with Gasteiger partial charge in [0.15, 0.2) is 0 Å². The summed E-state index contributed by atoms with van der Waals surface area (Å²) in [5.41, 5.74) is 1.29. The number of nitrogens with one attached hydrogen (secondary N) is 1. The second-order valence-corrected chi connectivity index (χ2v) is 4.33. The average molecular weight is 238 g/mol. The first-order chi connectivity index (χ1) is 8.27. The number of aromatic nitrogens is 2. The Morgan fingerprint density at radius 2 is 2.06 bits per heavy atom. The second kappa shape index (κ2) is 8.25. The minimum absolute atomic E-state index is 1.04. The van der Waals surface area contributed by atoms with Crippen LogP contribution in [-0.2, 0) is 13.5 Å². The van der Waals surface area contributed by atoms with E-state index in [-0.39, 0.29) is 0 Å². The quantitative estimate of drug-likeness (QED) is 0.658. The topological polar surface area (TPSA) is 33.1 Å². The Morgan fingerprint density at radius 1 is 1.29 bits per heavy atom. The van der Waals surface area contributed by atoms with Gasteiger partial charge in [-0.15, -0.1) is 0 Å². The van der Waals surface area contributed by atoms with Gasteiger partial charge >= 0.3 is 0 Å². The summed E-state index contributed by atoms with van der Waals surface area (Å²) < 4.78 is 1.94. The molecule has 4 heteroatoms. The van der Waals surface area contributed by atoms with Crippen molar-refractivity contribution in [2.24, 2.45) is 7.05 Å². The fourth-order valence-corrected chi connectivity index (χ4v) is 1.96. The van der Waals surface area contributed by atoms with E-state index < -0.39 is 0 Å². The summed E-state index contributed by atoms with van der Waals surface area (Å²) >= 11 is 0. The monoisotopic (exact) mass is 238 g/mol. The highest BCUT2D eigenvalue weighted by Gasteiger charge is 1.99. The first kappa shape index (κ1) is 14.2. The van der Waals surface area contributed by atoms with Crippen molar-refractivity contribution in [2.45, 2.75) is 26.7 Å². The van der Waals surface area contributed by atoms with Crippen LogP contribution in [0.4, 0.5) is 0 Å². The normalized spacial score (nSPS) is 11.3. The molecule has 0 unspecified atom stereocenters. The van der Waals surface area contributed by atoms with Crippen LogP contribution < -0.4 is 5.32 Å². The number of hydrogen-bond donors (Lipinski definition) is 1. The molecule has 1 rings (SSSR count). The van der Waals surface area contributed by atoms with Crippen LogP contribution in [-0.4, -0.2) is 47.4 Å². The zero-order valence-electron chi connectivity index (χ0n) is 11.4. The summed E-state index contributed by atoms with van der Waals surface area (Å²) in [4.78, 5) is 2.46. The summed E-state index contributed by atoms with van der Waals surface area (Å²) in [6.45, 7) is 10.1. The molecule has 0 saturated carbocycles. The third-order valence-electron chi connectivity index (χ3n) is 3.20. The highest BCUT2D eigenvalue weighted by atomic mass is 15.3. The molecule has 0 fully saturated rings. The van der Waals surface area contributed by atoms with E-state index in [1.807, 2.05) is 17.9 Å². The first-order valence-corrected chi connectivity index (χ1v) is 6.67. The molecule has 1 aromatic rings. The number of nitrogens with zero attached hydrogens (tertiary/aromatic N) is 3. The van der Waals surface area contributed by atoms with Crippen molar-refractivity contribution < 1.29 is 0 Å². The van der Waals surface area contributed by atoms with Crippen LogP contribution in [0.5, 0.6) is 0 Å². The third kappa shape index (κ3) is 5.33. The van der Waals surface area contributed by atoms with E-state index in [4.69, 9.17) is 0 Å². The lowest BCUT2D eigenvalue weighted by Crippen LogP contribution is -2.28. The van der Waals surface area contributed by atoms with Gasteiger partial charge in [-0.05, 0) is 38.7 Å². The molecule has 0 aliphatic rings. The minimum Gasteiger partial charge on any atom is -0.316 e. The predicted octanol–water partition coefficient (Wildman–Crippen LogP) is 1.28. The lowest BCUT2D eigenvalue weighted by Gasteiger charge is -2.17. The lowest BCUT2D eigenvalue weighted by atomic mass is 10.3. The highest BCUT2D eigenvalue weighted by molar-refractivity contribution is 5.00. The second-order valence-electron chi connectivity index (χ2n) is 4.33. The summed E-state index contributed by atoms with van der Waals surface area (Å²) in [6, 6.07) is 2.08. The van der Waals surface area contributed by atoms with Crippen molar-refractivity contribution in [3.05, 3.63) is 18.0 Å². The molecule has 1 heterocycles. The zero-order chi connectivity index (χ0) is 12.5. The van der Waals surface area contributed by atoms with Crippen LogP contribution in [0.15, 0.2) is 12.3 Å². The Balaban J connectivity index is 2.00. The SMILES string of the molecule is CCN(CC)CCCNCCc1ccnn1C. The molecule has 0 aromatic carbocycles. The van der Waals surface area contributed by atoms with Crippen molar-refractivity contribution in [1.82, 2.24) is 20.0 Å². The van der Waals surface area contributed by atoms with Crippen molar-refractivity contribution in [3.8, 4) is 0 Å². The maximum atomic E-state index is 4.16. The van der Waals surface area contributed by atoms with Crippen molar-refractivity contribution in [1.29, 1.82) is 0 Å². The molecule has 0 spiro atoms. The molecule has 0 radical (unpaired) electrons. The van der Waals surface area contributed by atoms with Gasteiger partial charge in [0, 0.05) is 31.9 Å². The van der Waals surface area contributed by atoms with E-state index in [2.05, 4.69) is 35.2 Å². The Labute approximate surface area is 105 Å². The predicted molar refractivity (Wildman–Crippen MR) is 72.2 cm³/mol. The Bertz CT molecular complexity index is 291.